The van der Waals surface area contributed by atoms with Crippen molar-refractivity contribution < 1.29 is 5.11 Å². The lowest BCUT2D eigenvalue weighted by Gasteiger charge is -2.40. The van der Waals surface area contributed by atoms with Gasteiger partial charge in [0.15, 0.2) is 0 Å². The van der Waals surface area contributed by atoms with Crippen LogP contribution in [0, 0.1) is 0 Å². The summed E-state index contributed by atoms with van der Waals surface area (Å²) < 4.78 is 0. The summed E-state index contributed by atoms with van der Waals surface area (Å²) in [5, 5.41) is 13.1. The van der Waals surface area contributed by atoms with Crippen molar-refractivity contribution in [2.24, 2.45) is 0 Å². The van der Waals surface area contributed by atoms with E-state index in [9.17, 15) is 5.11 Å². The second kappa shape index (κ2) is 4.60. The molecular weight excluding hydrogens is 176 g/mol. The molecule has 2 aliphatic rings. The molecule has 0 aliphatic carbocycles. The predicted octanol–water partition coefficient (Wildman–Crippen LogP) is 0.584. The van der Waals surface area contributed by atoms with Crippen molar-refractivity contribution in [3.8, 4) is 0 Å². The Kier molecular flexibility index (Phi) is 3.42. The van der Waals surface area contributed by atoms with Crippen molar-refractivity contribution >= 4 is 0 Å². The van der Waals surface area contributed by atoms with E-state index in [2.05, 4.69) is 17.1 Å². The number of rotatable bonds is 2. The zero-order valence-corrected chi connectivity index (χ0v) is 9.08. The first-order valence-corrected chi connectivity index (χ1v) is 5.97. The summed E-state index contributed by atoms with van der Waals surface area (Å²) in [7, 11) is 0. The Hall–Kier alpha value is -0.120. The van der Waals surface area contributed by atoms with Gasteiger partial charge in [-0.2, -0.15) is 0 Å². The van der Waals surface area contributed by atoms with Crippen LogP contribution in [0.2, 0.25) is 0 Å². The largest absolute Gasteiger partial charge is 0.390 e. The Bertz CT molecular complexity index is 186. The molecule has 2 heterocycles. The van der Waals surface area contributed by atoms with Crippen LogP contribution in [-0.2, 0) is 0 Å². The number of β-amino-alcohol motifs (C(OH)–C–C–N with tert-alkyl or cyclic N) is 1. The molecule has 3 unspecified atom stereocenters. The fourth-order valence-corrected chi connectivity index (χ4v) is 2.89. The maximum Gasteiger partial charge on any atom is 0.0831 e. The summed E-state index contributed by atoms with van der Waals surface area (Å²) in [6, 6.07) is 1.09. The van der Waals surface area contributed by atoms with Crippen molar-refractivity contribution in [2.75, 3.05) is 19.6 Å². The molecule has 0 saturated carbocycles. The number of likely N-dealkylation sites (tertiary alicyclic amines) is 1. The first-order chi connectivity index (χ1) is 6.83. The Balaban J connectivity index is 1.99. The summed E-state index contributed by atoms with van der Waals surface area (Å²) in [6.07, 6.45) is 5.07. The molecule has 2 saturated heterocycles. The molecule has 2 fully saturated rings. The lowest BCUT2D eigenvalue weighted by atomic mass is 9.97. The Morgan fingerprint density at radius 2 is 2.21 bits per heavy atom. The first kappa shape index (κ1) is 10.4. The average Bonchev–Trinajstić information content (AvgIpc) is 2.64. The van der Waals surface area contributed by atoms with Gasteiger partial charge in [-0.1, -0.05) is 13.3 Å². The number of hydrogen-bond donors (Lipinski definition) is 2. The summed E-state index contributed by atoms with van der Waals surface area (Å²) in [4.78, 5) is 2.54. The Morgan fingerprint density at radius 1 is 1.36 bits per heavy atom. The second-order valence-electron chi connectivity index (χ2n) is 4.59. The molecule has 0 radical (unpaired) electrons. The van der Waals surface area contributed by atoms with Crippen LogP contribution in [0.3, 0.4) is 0 Å². The molecule has 0 bridgehead atoms. The number of aliphatic hydroxyl groups is 1. The fourth-order valence-electron chi connectivity index (χ4n) is 2.89. The van der Waals surface area contributed by atoms with E-state index < -0.39 is 0 Å². The van der Waals surface area contributed by atoms with Crippen LogP contribution in [0.15, 0.2) is 0 Å². The number of hydrogen-bond acceptors (Lipinski definition) is 3. The standard InChI is InChI=1S/C11H22N2O/c1-2-9-5-3-4-6-13(9)10-7-12-8-11(10)14/h9-12,14H,2-8H2,1H3. The lowest BCUT2D eigenvalue weighted by molar-refractivity contribution is 0.0332. The predicted molar refractivity (Wildman–Crippen MR) is 57.3 cm³/mol. The van der Waals surface area contributed by atoms with Crippen molar-refractivity contribution in [1.29, 1.82) is 0 Å². The third kappa shape index (κ3) is 1.95. The molecule has 2 N–H and O–H groups in total. The maximum absolute atomic E-state index is 9.85. The van der Waals surface area contributed by atoms with Gasteiger partial charge in [0.2, 0.25) is 0 Å². The van der Waals surface area contributed by atoms with E-state index in [0.29, 0.717) is 12.1 Å². The van der Waals surface area contributed by atoms with Crippen LogP contribution in [0.4, 0.5) is 0 Å². The van der Waals surface area contributed by atoms with Gasteiger partial charge in [-0.15, -0.1) is 0 Å². The molecule has 3 nitrogen and oxygen atoms in total. The van der Waals surface area contributed by atoms with E-state index in [1.807, 2.05) is 0 Å². The zero-order valence-electron chi connectivity index (χ0n) is 9.08. The molecule has 0 aromatic heterocycles. The monoisotopic (exact) mass is 198 g/mol. The number of piperidine rings is 1. The van der Waals surface area contributed by atoms with Gasteiger partial charge in [-0.25, -0.2) is 0 Å². The summed E-state index contributed by atoms with van der Waals surface area (Å²) in [5.74, 6) is 0. The number of nitrogens with zero attached hydrogens (tertiary/aromatic N) is 1. The minimum atomic E-state index is -0.151. The van der Waals surface area contributed by atoms with Crippen LogP contribution in [0.5, 0.6) is 0 Å². The molecule has 0 aromatic carbocycles. The minimum Gasteiger partial charge on any atom is -0.390 e. The summed E-state index contributed by atoms with van der Waals surface area (Å²) in [5.41, 5.74) is 0. The minimum absolute atomic E-state index is 0.151. The molecule has 14 heavy (non-hydrogen) atoms. The van der Waals surface area contributed by atoms with Gasteiger partial charge >= 0.3 is 0 Å². The molecule has 3 atom stereocenters. The van der Waals surface area contributed by atoms with Gasteiger partial charge in [-0.3, -0.25) is 4.90 Å². The highest BCUT2D eigenvalue weighted by atomic mass is 16.3. The molecule has 82 valence electrons. The highest BCUT2D eigenvalue weighted by molar-refractivity contribution is 4.92. The third-order valence-electron chi connectivity index (χ3n) is 3.72. The zero-order chi connectivity index (χ0) is 9.97. The molecule has 0 aromatic rings. The summed E-state index contributed by atoms with van der Waals surface area (Å²) in [6.45, 7) is 5.19. The molecule has 3 heteroatoms. The van der Waals surface area contributed by atoms with Crippen LogP contribution in [0.25, 0.3) is 0 Å². The first-order valence-electron chi connectivity index (χ1n) is 5.97. The van der Waals surface area contributed by atoms with E-state index in [0.717, 1.165) is 13.1 Å². The Morgan fingerprint density at radius 3 is 2.86 bits per heavy atom. The van der Waals surface area contributed by atoms with Crippen LogP contribution >= 0.6 is 0 Å². The molecule has 2 aliphatic heterocycles. The maximum atomic E-state index is 9.85. The van der Waals surface area contributed by atoms with E-state index in [1.165, 1.54) is 32.2 Å². The average molecular weight is 198 g/mol. The highest BCUT2D eigenvalue weighted by Gasteiger charge is 2.34. The topological polar surface area (TPSA) is 35.5 Å². The van der Waals surface area contributed by atoms with Crippen LogP contribution < -0.4 is 5.32 Å². The molecular formula is C11H22N2O. The van der Waals surface area contributed by atoms with E-state index in [1.54, 1.807) is 0 Å². The SMILES string of the molecule is CCC1CCCCN1C1CNCC1O. The van der Waals surface area contributed by atoms with Crippen molar-refractivity contribution in [3.05, 3.63) is 0 Å². The van der Waals surface area contributed by atoms with Crippen molar-refractivity contribution in [3.63, 3.8) is 0 Å². The second-order valence-corrected chi connectivity index (χ2v) is 4.59. The quantitative estimate of drug-likeness (QED) is 0.681. The van der Waals surface area contributed by atoms with Gasteiger partial charge in [0, 0.05) is 25.2 Å². The van der Waals surface area contributed by atoms with Gasteiger partial charge in [0.05, 0.1) is 6.10 Å². The highest BCUT2D eigenvalue weighted by Crippen LogP contribution is 2.24. The van der Waals surface area contributed by atoms with Gasteiger partial charge in [-0.05, 0) is 25.8 Å². The van der Waals surface area contributed by atoms with Crippen molar-refractivity contribution in [1.82, 2.24) is 10.2 Å². The number of nitrogens with one attached hydrogen (secondary N) is 1. The molecule has 0 amide bonds. The summed E-state index contributed by atoms with van der Waals surface area (Å²) >= 11 is 0. The van der Waals surface area contributed by atoms with E-state index in [-0.39, 0.29) is 6.10 Å². The number of aliphatic hydroxyl groups excluding tert-OH is 1. The molecule has 0 spiro atoms. The lowest BCUT2D eigenvalue weighted by Crippen LogP contribution is -2.51. The fraction of sp³-hybridized carbons (Fsp3) is 1.00. The molecule has 2 rings (SSSR count). The Labute approximate surface area is 86.5 Å². The van der Waals surface area contributed by atoms with Crippen LogP contribution in [-0.4, -0.2) is 47.8 Å². The van der Waals surface area contributed by atoms with Crippen LogP contribution in [0.1, 0.15) is 32.6 Å². The van der Waals surface area contributed by atoms with E-state index >= 15 is 0 Å². The van der Waals surface area contributed by atoms with Gasteiger partial charge in [0.1, 0.15) is 0 Å². The van der Waals surface area contributed by atoms with Gasteiger partial charge in [0.25, 0.3) is 0 Å². The van der Waals surface area contributed by atoms with E-state index in [4.69, 9.17) is 0 Å². The smallest absolute Gasteiger partial charge is 0.0831 e. The normalized spacial score (nSPS) is 40.3. The van der Waals surface area contributed by atoms with Crippen molar-refractivity contribution in [2.45, 2.75) is 50.8 Å². The van der Waals surface area contributed by atoms with Gasteiger partial charge < -0.3 is 10.4 Å². The third-order valence-corrected chi connectivity index (χ3v) is 3.72.